The first-order valence-electron chi connectivity index (χ1n) is 14.3. The molecular weight excluding hydrogens is 631 g/mol. The number of halogens is 3. The summed E-state index contributed by atoms with van der Waals surface area (Å²) in [5.41, 5.74) is 7.83. The average Bonchev–Trinajstić information content (AvgIpc) is 3.62. The van der Waals surface area contributed by atoms with Crippen LogP contribution in [0.3, 0.4) is 0 Å². The van der Waals surface area contributed by atoms with Gasteiger partial charge in [-0.25, -0.2) is 9.78 Å². The highest BCUT2D eigenvalue weighted by molar-refractivity contribution is 9.10. The van der Waals surface area contributed by atoms with E-state index in [0.29, 0.717) is 42.9 Å². The van der Waals surface area contributed by atoms with Crippen molar-refractivity contribution in [2.75, 3.05) is 23.7 Å². The van der Waals surface area contributed by atoms with E-state index in [4.69, 9.17) is 25.4 Å². The first-order chi connectivity index (χ1) is 19.0. The number of nitrogens with one attached hydrogen (secondary N) is 2. The summed E-state index contributed by atoms with van der Waals surface area (Å²) < 4.78 is 8.76. The van der Waals surface area contributed by atoms with Gasteiger partial charge in [0.15, 0.2) is 17.0 Å². The topological polar surface area (TPSA) is 123 Å². The lowest BCUT2D eigenvalue weighted by molar-refractivity contribution is 0.140. The lowest BCUT2D eigenvalue weighted by Crippen LogP contribution is -2.43. The molecule has 0 radical (unpaired) electrons. The molecule has 1 aliphatic heterocycles. The van der Waals surface area contributed by atoms with Crippen LogP contribution in [-0.4, -0.2) is 61.7 Å². The number of carbonyl (C=O) groups excluding carboxylic acids is 1. The molecule has 3 fully saturated rings. The van der Waals surface area contributed by atoms with E-state index in [9.17, 15) is 4.79 Å². The fourth-order valence-electron chi connectivity index (χ4n) is 6.05. The molecular formula is C28H39BrCl2N8O2. The van der Waals surface area contributed by atoms with Crippen molar-refractivity contribution in [3.8, 4) is 5.75 Å². The maximum Gasteiger partial charge on any atom is 0.415 e. The Morgan fingerprint density at radius 1 is 0.902 bits per heavy atom. The predicted octanol–water partition coefficient (Wildman–Crippen LogP) is 6.30. The Labute approximate surface area is 261 Å². The highest BCUT2D eigenvalue weighted by Crippen LogP contribution is 2.34. The number of likely N-dealkylation sites (tertiary alicyclic amines) is 1. The molecule has 0 bridgehead atoms. The lowest BCUT2D eigenvalue weighted by atomic mass is 9.92. The third-order valence-electron chi connectivity index (χ3n) is 8.36. The number of nitrogens with zero attached hydrogens (tertiary/aromatic N) is 5. The summed E-state index contributed by atoms with van der Waals surface area (Å²) in [5, 5.41) is 7.25. The molecule has 0 spiro atoms. The molecule has 2 aliphatic carbocycles. The number of rotatable bonds is 6. The second-order valence-electron chi connectivity index (χ2n) is 11.1. The van der Waals surface area contributed by atoms with Crippen LogP contribution in [0.2, 0.25) is 0 Å². The van der Waals surface area contributed by atoms with Gasteiger partial charge in [0.05, 0.1) is 6.33 Å². The Balaban J connectivity index is 0.00000194. The molecule has 6 rings (SSSR count). The molecule has 0 unspecified atom stereocenters. The fraction of sp³-hybridized carbons (Fsp3) is 0.571. The summed E-state index contributed by atoms with van der Waals surface area (Å²) in [6.45, 7) is 1.23. The van der Waals surface area contributed by atoms with Crippen molar-refractivity contribution >= 4 is 69.8 Å². The molecule has 3 heterocycles. The van der Waals surface area contributed by atoms with Gasteiger partial charge >= 0.3 is 6.09 Å². The molecule has 1 saturated heterocycles. The van der Waals surface area contributed by atoms with Crippen LogP contribution in [0.25, 0.3) is 11.2 Å². The highest BCUT2D eigenvalue weighted by atomic mass is 79.9. The molecule has 1 aromatic carbocycles. The summed E-state index contributed by atoms with van der Waals surface area (Å²) in [7, 11) is 0. The van der Waals surface area contributed by atoms with Crippen molar-refractivity contribution in [2.24, 2.45) is 5.73 Å². The Bertz CT molecular complexity index is 1290. The Morgan fingerprint density at radius 2 is 1.56 bits per heavy atom. The Kier molecular flexibility index (Phi) is 11.0. The molecule has 41 heavy (non-hydrogen) atoms. The smallest absolute Gasteiger partial charge is 0.410 e. The molecule has 224 valence electrons. The van der Waals surface area contributed by atoms with E-state index in [0.717, 1.165) is 72.8 Å². The van der Waals surface area contributed by atoms with Crippen LogP contribution in [-0.2, 0) is 0 Å². The standard InChI is InChI=1S/C28H37BrN8O2.2ClH/c29-18-5-11-23(12-6-18)39-28(38)36-15-13-21(14-16-36)32-25-24-26(37(17-31-24)22-3-1-2-4-22)35-27(34-25)33-20-9-7-19(30)8-10-20;;/h5-6,11-12,17,19-22H,1-4,7-10,13-16,30H2,(H2,32,33,34,35);2*1H. The molecule has 1 amide bonds. The number of hydrogen-bond acceptors (Lipinski definition) is 8. The summed E-state index contributed by atoms with van der Waals surface area (Å²) in [6.07, 6.45) is 12.1. The van der Waals surface area contributed by atoms with Crippen LogP contribution in [0.15, 0.2) is 35.1 Å². The van der Waals surface area contributed by atoms with Gasteiger partial charge in [0, 0.05) is 41.7 Å². The maximum absolute atomic E-state index is 12.7. The summed E-state index contributed by atoms with van der Waals surface area (Å²) in [5.74, 6) is 1.97. The van der Waals surface area contributed by atoms with Crippen molar-refractivity contribution in [3.63, 3.8) is 0 Å². The summed E-state index contributed by atoms with van der Waals surface area (Å²) in [4.78, 5) is 29.1. The second-order valence-corrected chi connectivity index (χ2v) is 12.1. The van der Waals surface area contributed by atoms with Crippen LogP contribution in [0.1, 0.15) is 70.3 Å². The lowest BCUT2D eigenvalue weighted by Gasteiger charge is -2.32. The number of fused-ring (bicyclic) bond motifs is 1. The minimum Gasteiger partial charge on any atom is -0.410 e. The molecule has 13 heteroatoms. The number of aromatic nitrogens is 4. The fourth-order valence-corrected chi connectivity index (χ4v) is 6.31. The zero-order valence-electron chi connectivity index (χ0n) is 23.0. The summed E-state index contributed by atoms with van der Waals surface area (Å²) in [6, 6.07) is 8.55. The van der Waals surface area contributed by atoms with Crippen LogP contribution in [0.5, 0.6) is 5.75 Å². The largest absolute Gasteiger partial charge is 0.415 e. The van der Waals surface area contributed by atoms with Crippen molar-refractivity contribution in [2.45, 2.75) is 88.4 Å². The quantitative estimate of drug-likeness (QED) is 0.279. The van der Waals surface area contributed by atoms with E-state index in [1.165, 1.54) is 12.8 Å². The van der Waals surface area contributed by atoms with Crippen LogP contribution >= 0.6 is 40.7 Å². The van der Waals surface area contributed by atoms with E-state index < -0.39 is 0 Å². The minimum atomic E-state index is -0.311. The molecule has 3 aliphatic rings. The van der Waals surface area contributed by atoms with Crippen LogP contribution < -0.4 is 21.1 Å². The molecule has 0 atom stereocenters. The SMILES string of the molecule is Cl.Cl.NC1CCC(Nc2nc(NC3CCN(C(=O)Oc4ccc(Br)cc4)CC3)c3ncn(C4CCCC4)c3n2)CC1. The van der Waals surface area contributed by atoms with Gasteiger partial charge in [0.2, 0.25) is 5.95 Å². The molecule has 2 saturated carbocycles. The number of carbonyl (C=O) groups is 1. The number of amides is 1. The van der Waals surface area contributed by atoms with Gasteiger partial charge in [-0.1, -0.05) is 28.8 Å². The monoisotopic (exact) mass is 668 g/mol. The average molecular weight is 670 g/mol. The molecule has 10 nitrogen and oxygen atoms in total. The van der Waals surface area contributed by atoms with Crippen molar-refractivity contribution in [1.29, 1.82) is 0 Å². The number of hydrogen-bond donors (Lipinski definition) is 3. The van der Waals surface area contributed by atoms with Gasteiger partial charge in [-0.15, -0.1) is 24.8 Å². The normalized spacial score (nSPS) is 21.7. The first-order valence-corrected chi connectivity index (χ1v) is 15.1. The zero-order chi connectivity index (χ0) is 26.8. The zero-order valence-corrected chi connectivity index (χ0v) is 26.2. The maximum atomic E-state index is 12.7. The Morgan fingerprint density at radius 3 is 2.24 bits per heavy atom. The van der Waals surface area contributed by atoms with Gasteiger partial charge < -0.3 is 30.6 Å². The van der Waals surface area contributed by atoms with E-state index in [1.807, 2.05) is 18.5 Å². The van der Waals surface area contributed by atoms with Gasteiger partial charge in [0.1, 0.15) is 5.75 Å². The number of piperidine rings is 1. The number of ether oxygens (including phenoxy) is 1. The van der Waals surface area contributed by atoms with Gasteiger partial charge in [0.25, 0.3) is 0 Å². The highest BCUT2D eigenvalue weighted by Gasteiger charge is 2.27. The van der Waals surface area contributed by atoms with Crippen molar-refractivity contribution in [3.05, 3.63) is 35.1 Å². The van der Waals surface area contributed by atoms with Crippen LogP contribution in [0.4, 0.5) is 16.6 Å². The third-order valence-corrected chi connectivity index (χ3v) is 8.89. The predicted molar refractivity (Wildman–Crippen MR) is 170 cm³/mol. The summed E-state index contributed by atoms with van der Waals surface area (Å²) >= 11 is 3.41. The number of imidazole rings is 1. The van der Waals surface area contributed by atoms with Gasteiger partial charge in [-0.05, 0) is 75.6 Å². The van der Waals surface area contributed by atoms with Crippen LogP contribution in [0, 0.1) is 0 Å². The molecule has 2 aromatic heterocycles. The third kappa shape index (κ3) is 7.55. The van der Waals surface area contributed by atoms with E-state index in [-0.39, 0.29) is 36.9 Å². The van der Waals surface area contributed by atoms with Crippen molar-refractivity contribution < 1.29 is 9.53 Å². The molecule has 4 N–H and O–H groups in total. The molecule has 3 aromatic rings. The van der Waals surface area contributed by atoms with E-state index in [1.54, 1.807) is 17.0 Å². The van der Waals surface area contributed by atoms with E-state index in [2.05, 4.69) is 31.1 Å². The number of nitrogens with two attached hydrogens (primary N) is 1. The van der Waals surface area contributed by atoms with Gasteiger partial charge in [-0.2, -0.15) is 9.97 Å². The number of benzene rings is 1. The Hall–Kier alpha value is -2.34. The first kappa shape index (κ1) is 31.6. The second kappa shape index (κ2) is 14.2. The van der Waals surface area contributed by atoms with E-state index >= 15 is 0 Å². The van der Waals surface area contributed by atoms with Crippen molar-refractivity contribution in [1.82, 2.24) is 24.4 Å². The minimum absolute atomic E-state index is 0. The number of anilines is 2. The van der Waals surface area contributed by atoms with Gasteiger partial charge in [-0.3, -0.25) is 0 Å².